The Labute approximate surface area is 154 Å². The number of aromatic nitrogens is 2. The number of amides is 1. The normalized spacial score (nSPS) is 13.7. The van der Waals surface area contributed by atoms with Crippen molar-refractivity contribution in [1.29, 1.82) is 0 Å². The fourth-order valence-corrected chi connectivity index (χ4v) is 2.88. The number of carbonyl (C=O) groups excluding carboxylic acids is 1. The molecule has 2 heterocycles. The van der Waals surface area contributed by atoms with Gasteiger partial charge in [-0.05, 0) is 39.2 Å². The van der Waals surface area contributed by atoms with Crippen molar-refractivity contribution in [3.63, 3.8) is 0 Å². The smallest absolute Gasteiger partial charge is 0.258 e. The van der Waals surface area contributed by atoms with E-state index in [0.29, 0.717) is 18.4 Å². The summed E-state index contributed by atoms with van der Waals surface area (Å²) in [5, 5.41) is 2.87. The Morgan fingerprint density at radius 1 is 1.12 bits per heavy atom. The van der Waals surface area contributed by atoms with E-state index >= 15 is 0 Å². The molecule has 0 bridgehead atoms. The summed E-state index contributed by atoms with van der Waals surface area (Å²) in [6, 6.07) is 8.09. The van der Waals surface area contributed by atoms with E-state index in [4.69, 9.17) is 4.74 Å². The minimum atomic E-state index is -0.163. The van der Waals surface area contributed by atoms with Crippen molar-refractivity contribution < 1.29 is 9.53 Å². The lowest BCUT2D eigenvalue weighted by molar-refractivity contribution is -0.123. The van der Waals surface area contributed by atoms with Gasteiger partial charge in [0.2, 0.25) is 11.8 Å². The minimum absolute atomic E-state index is 0.0530. The Morgan fingerprint density at radius 3 is 2.50 bits per heavy atom. The molecule has 0 aliphatic carbocycles. The second-order valence-corrected chi connectivity index (χ2v) is 6.78. The van der Waals surface area contributed by atoms with Gasteiger partial charge in [0.15, 0.2) is 6.61 Å². The van der Waals surface area contributed by atoms with Crippen LogP contribution in [0.1, 0.15) is 35.2 Å². The van der Waals surface area contributed by atoms with E-state index < -0.39 is 0 Å². The van der Waals surface area contributed by atoms with E-state index in [1.807, 2.05) is 45.0 Å². The summed E-state index contributed by atoms with van der Waals surface area (Å²) < 4.78 is 5.70. The number of rotatable bonds is 6. The van der Waals surface area contributed by atoms with Gasteiger partial charge < -0.3 is 15.0 Å². The predicted octanol–water partition coefficient (Wildman–Crippen LogP) is 2.70. The first-order chi connectivity index (χ1) is 12.5. The summed E-state index contributed by atoms with van der Waals surface area (Å²) in [5.74, 6) is 1.02. The van der Waals surface area contributed by atoms with Crippen LogP contribution in [0.15, 0.2) is 24.3 Å². The molecule has 0 spiro atoms. The topological polar surface area (TPSA) is 67.3 Å². The van der Waals surface area contributed by atoms with Crippen LogP contribution < -0.4 is 15.0 Å². The molecule has 1 fully saturated rings. The van der Waals surface area contributed by atoms with E-state index in [1.54, 1.807) is 0 Å². The number of ether oxygens (including phenoxy) is 1. The summed E-state index contributed by atoms with van der Waals surface area (Å²) >= 11 is 0. The predicted molar refractivity (Wildman–Crippen MR) is 101 cm³/mol. The first-order valence-electron chi connectivity index (χ1n) is 9.08. The molecule has 6 nitrogen and oxygen atoms in total. The van der Waals surface area contributed by atoms with Crippen LogP contribution in [0, 0.1) is 20.8 Å². The van der Waals surface area contributed by atoms with Gasteiger partial charge in [-0.2, -0.15) is 4.98 Å². The van der Waals surface area contributed by atoms with Gasteiger partial charge in [0, 0.05) is 30.9 Å². The van der Waals surface area contributed by atoms with Crippen molar-refractivity contribution in [3.8, 4) is 5.88 Å². The van der Waals surface area contributed by atoms with Gasteiger partial charge in [0.1, 0.15) is 0 Å². The van der Waals surface area contributed by atoms with E-state index in [2.05, 4.69) is 20.2 Å². The van der Waals surface area contributed by atoms with Crippen molar-refractivity contribution in [3.05, 3.63) is 46.6 Å². The molecule has 1 N–H and O–H groups in total. The van der Waals surface area contributed by atoms with E-state index in [9.17, 15) is 4.79 Å². The molecule has 0 unspecified atom stereocenters. The fourth-order valence-electron chi connectivity index (χ4n) is 2.88. The summed E-state index contributed by atoms with van der Waals surface area (Å²) in [6.07, 6.45) is 2.32. The summed E-state index contributed by atoms with van der Waals surface area (Å²) in [6.45, 7) is 8.28. The molecule has 1 aromatic heterocycles. The largest absolute Gasteiger partial charge is 0.467 e. The van der Waals surface area contributed by atoms with Crippen molar-refractivity contribution in [1.82, 2.24) is 15.3 Å². The van der Waals surface area contributed by atoms with Gasteiger partial charge >= 0.3 is 0 Å². The number of carbonyl (C=O) groups is 1. The van der Waals surface area contributed by atoms with E-state index in [-0.39, 0.29) is 12.5 Å². The molecule has 1 amide bonds. The molecule has 1 aromatic carbocycles. The second kappa shape index (κ2) is 8.17. The highest BCUT2D eigenvalue weighted by Gasteiger charge is 2.18. The lowest BCUT2D eigenvalue weighted by Crippen LogP contribution is -2.29. The number of benzene rings is 1. The lowest BCUT2D eigenvalue weighted by Gasteiger charge is -2.18. The van der Waals surface area contributed by atoms with Gasteiger partial charge in [-0.3, -0.25) is 4.79 Å². The minimum Gasteiger partial charge on any atom is -0.467 e. The molecule has 0 radical (unpaired) electrons. The Morgan fingerprint density at radius 2 is 1.81 bits per heavy atom. The Bertz CT molecular complexity index is 768. The Hall–Kier alpha value is -2.63. The maximum absolute atomic E-state index is 12.1. The maximum atomic E-state index is 12.1. The quantitative estimate of drug-likeness (QED) is 0.864. The van der Waals surface area contributed by atoms with Gasteiger partial charge in [-0.25, -0.2) is 4.98 Å². The standard InChI is InChI=1S/C20H26N4O2/c1-14-6-8-17(9-7-14)12-21-18(25)13-26-19-15(2)16(3)22-20(23-19)24-10-4-5-11-24/h6-9H,4-5,10-13H2,1-3H3,(H,21,25). The molecule has 1 saturated heterocycles. The Balaban J connectivity index is 1.57. The zero-order chi connectivity index (χ0) is 18.5. The third kappa shape index (κ3) is 4.50. The number of aryl methyl sites for hydroxylation is 2. The number of nitrogens with one attached hydrogen (secondary N) is 1. The second-order valence-electron chi connectivity index (χ2n) is 6.78. The first kappa shape index (κ1) is 18.2. The van der Waals surface area contributed by atoms with E-state index in [0.717, 1.165) is 42.8 Å². The van der Waals surface area contributed by atoms with Crippen LogP contribution in [-0.4, -0.2) is 35.6 Å². The summed E-state index contributed by atoms with van der Waals surface area (Å²) in [4.78, 5) is 23.4. The van der Waals surface area contributed by atoms with Crippen LogP contribution >= 0.6 is 0 Å². The van der Waals surface area contributed by atoms with Gasteiger partial charge in [0.25, 0.3) is 5.91 Å². The summed E-state index contributed by atoms with van der Waals surface area (Å²) in [5.41, 5.74) is 4.03. The molecule has 2 aromatic rings. The zero-order valence-electron chi connectivity index (χ0n) is 15.7. The molecule has 0 saturated carbocycles. The number of nitrogens with zero attached hydrogens (tertiary/aromatic N) is 3. The SMILES string of the molecule is Cc1ccc(CNC(=O)COc2nc(N3CCCC3)nc(C)c2C)cc1. The van der Waals surface area contributed by atoms with Crippen LogP contribution in [0.25, 0.3) is 0 Å². The highest BCUT2D eigenvalue weighted by molar-refractivity contribution is 5.77. The fraction of sp³-hybridized carbons (Fsp3) is 0.450. The number of hydrogen-bond donors (Lipinski definition) is 1. The summed E-state index contributed by atoms with van der Waals surface area (Å²) in [7, 11) is 0. The highest BCUT2D eigenvalue weighted by atomic mass is 16.5. The molecule has 138 valence electrons. The van der Waals surface area contributed by atoms with E-state index in [1.165, 1.54) is 5.56 Å². The van der Waals surface area contributed by atoms with Gasteiger partial charge in [-0.1, -0.05) is 29.8 Å². The van der Waals surface area contributed by atoms with Gasteiger partial charge in [0.05, 0.1) is 0 Å². The third-order valence-corrected chi connectivity index (χ3v) is 4.67. The Kier molecular flexibility index (Phi) is 5.71. The molecule has 26 heavy (non-hydrogen) atoms. The van der Waals surface area contributed by atoms with Crippen LogP contribution in [0.4, 0.5) is 5.95 Å². The average molecular weight is 354 g/mol. The van der Waals surface area contributed by atoms with Crippen LogP contribution in [-0.2, 0) is 11.3 Å². The third-order valence-electron chi connectivity index (χ3n) is 4.67. The van der Waals surface area contributed by atoms with Crippen LogP contribution in [0.5, 0.6) is 5.88 Å². The molecule has 6 heteroatoms. The molecule has 1 aliphatic heterocycles. The van der Waals surface area contributed by atoms with Crippen LogP contribution in [0.2, 0.25) is 0 Å². The molecule has 3 rings (SSSR count). The molecular formula is C20H26N4O2. The monoisotopic (exact) mass is 354 g/mol. The van der Waals surface area contributed by atoms with Crippen molar-refractivity contribution in [2.75, 3.05) is 24.6 Å². The maximum Gasteiger partial charge on any atom is 0.258 e. The first-order valence-corrected chi connectivity index (χ1v) is 9.08. The highest BCUT2D eigenvalue weighted by Crippen LogP contribution is 2.23. The molecule has 0 atom stereocenters. The number of anilines is 1. The zero-order valence-corrected chi connectivity index (χ0v) is 15.7. The van der Waals surface area contributed by atoms with Crippen LogP contribution in [0.3, 0.4) is 0 Å². The van der Waals surface area contributed by atoms with Crippen molar-refractivity contribution in [2.24, 2.45) is 0 Å². The molecular weight excluding hydrogens is 328 g/mol. The molecule has 1 aliphatic rings. The lowest BCUT2D eigenvalue weighted by atomic mass is 10.1. The number of hydrogen-bond acceptors (Lipinski definition) is 5. The van der Waals surface area contributed by atoms with Gasteiger partial charge in [-0.15, -0.1) is 0 Å². The average Bonchev–Trinajstić information content (AvgIpc) is 3.17. The van der Waals surface area contributed by atoms with Crippen molar-refractivity contribution in [2.45, 2.75) is 40.2 Å². The van der Waals surface area contributed by atoms with Crippen molar-refractivity contribution >= 4 is 11.9 Å².